The Morgan fingerprint density at radius 1 is 2.00 bits per heavy atom. The van der Waals surface area contributed by atoms with Crippen LogP contribution < -0.4 is 0 Å². The van der Waals surface area contributed by atoms with E-state index >= 15 is 0 Å². The van der Waals surface area contributed by atoms with Gasteiger partial charge in [0.1, 0.15) is 6.10 Å². The molecule has 2 atom stereocenters. The highest BCUT2D eigenvalue weighted by atomic mass is 79.9. The van der Waals surface area contributed by atoms with Crippen LogP contribution in [0, 0.1) is 0 Å². The number of halogens is 2. The van der Waals surface area contributed by atoms with Crippen molar-refractivity contribution in [2.45, 2.75) is 24.0 Å². The molecule has 0 bridgehead atoms. The highest BCUT2D eigenvalue weighted by molar-refractivity contribution is 9.10. The Morgan fingerprint density at radius 3 is 2.62 bits per heavy atom. The molecule has 1 saturated carbocycles. The van der Waals surface area contributed by atoms with Crippen LogP contribution in [0.1, 0.15) is 13.3 Å². The van der Waals surface area contributed by atoms with Gasteiger partial charge in [-0.2, -0.15) is 0 Å². The lowest BCUT2D eigenvalue weighted by atomic mass is 10.8. The highest BCUT2D eigenvalue weighted by Crippen LogP contribution is 2.48. The van der Waals surface area contributed by atoms with Crippen LogP contribution in [0.25, 0.3) is 0 Å². The van der Waals surface area contributed by atoms with Crippen molar-refractivity contribution in [3.8, 4) is 0 Å². The standard InChI is InChI=1S/C5H8BrFO/c1-2-8-4-3-5(4,6)7/h4H,2-3H2,1H3. The number of rotatable bonds is 2. The van der Waals surface area contributed by atoms with E-state index in [9.17, 15) is 4.39 Å². The van der Waals surface area contributed by atoms with Gasteiger partial charge in [0.25, 0.3) is 0 Å². The average molecular weight is 183 g/mol. The van der Waals surface area contributed by atoms with Crippen LogP contribution >= 0.6 is 15.9 Å². The average Bonchev–Trinajstić information content (AvgIpc) is 2.15. The summed E-state index contributed by atoms with van der Waals surface area (Å²) in [5.41, 5.74) is 0. The molecular formula is C5H8BrFO. The topological polar surface area (TPSA) is 9.23 Å². The molecule has 2 unspecified atom stereocenters. The summed E-state index contributed by atoms with van der Waals surface area (Å²) in [5, 5.41) is 0. The molecule has 1 nitrogen and oxygen atoms in total. The fourth-order valence-electron chi connectivity index (χ4n) is 0.570. The molecule has 0 saturated heterocycles. The molecule has 1 aliphatic rings. The maximum atomic E-state index is 12.4. The Bertz CT molecular complexity index is 94.4. The van der Waals surface area contributed by atoms with Gasteiger partial charge < -0.3 is 4.74 Å². The lowest BCUT2D eigenvalue weighted by Crippen LogP contribution is -2.01. The molecule has 0 spiro atoms. The van der Waals surface area contributed by atoms with Crippen LogP contribution in [0.2, 0.25) is 0 Å². The maximum absolute atomic E-state index is 12.4. The van der Waals surface area contributed by atoms with Crippen molar-refractivity contribution in [1.29, 1.82) is 0 Å². The van der Waals surface area contributed by atoms with Gasteiger partial charge in [0.05, 0.1) is 0 Å². The second-order valence-corrected chi connectivity index (χ2v) is 3.23. The summed E-state index contributed by atoms with van der Waals surface area (Å²) >= 11 is 2.86. The molecular weight excluding hydrogens is 175 g/mol. The van der Waals surface area contributed by atoms with Gasteiger partial charge in [-0.3, -0.25) is 0 Å². The maximum Gasteiger partial charge on any atom is 0.193 e. The fourth-order valence-corrected chi connectivity index (χ4v) is 0.996. The van der Waals surface area contributed by atoms with Crippen molar-refractivity contribution < 1.29 is 9.13 Å². The number of hydrogen-bond donors (Lipinski definition) is 0. The van der Waals surface area contributed by atoms with E-state index in [1.807, 2.05) is 6.92 Å². The van der Waals surface area contributed by atoms with Gasteiger partial charge in [-0.15, -0.1) is 0 Å². The van der Waals surface area contributed by atoms with Gasteiger partial charge in [-0.05, 0) is 22.9 Å². The van der Waals surface area contributed by atoms with Gasteiger partial charge in [0.15, 0.2) is 4.58 Å². The van der Waals surface area contributed by atoms with Crippen LogP contribution in [0.3, 0.4) is 0 Å². The smallest absolute Gasteiger partial charge is 0.193 e. The molecule has 0 aliphatic heterocycles. The third-order valence-corrected chi connectivity index (χ3v) is 1.97. The summed E-state index contributed by atoms with van der Waals surface area (Å²) in [6, 6.07) is 0. The summed E-state index contributed by atoms with van der Waals surface area (Å²) in [6.07, 6.45) is 0.313. The zero-order valence-corrected chi connectivity index (χ0v) is 6.24. The second kappa shape index (κ2) is 1.95. The van der Waals surface area contributed by atoms with Crippen molar-refractivity contribution >= 4 is 15.9 Å². The first-order valence-electron chi connectivity index (χ1n) is 2.66. The molecule has 0 amide bonds. The van der Waals surface area contributed by atoms with E-state index in [0.29, 0.717) is 13.0 Å². The predicted molar refractivity (Wildman–Crippen MR) is 32.8 cm³/mol. The molecule has 0 radical (unpaired) electrons. The van der Waals surface area contributed by atoms with Crippen LogP contribution in [-0.2, 0) is 4.74 Å². The molecule has 8 heavy (non-hydrogen) atoms. The predicted octanol–water partition coefficient (Wildman–Crippen LogP) is 1.86. The summed E-state index contributed by atoms with van der Waals surface area (Å²) in [4.78, 5) is 0. The van der Waals surface area contributed by atoms with Crippen molar-refractivity contribution in [2.24, 2.45) is 0 Å². The molecule has 0 aromatic carbocycles. The normalized spacial score (nSPS) is 44.6. The van der Waals surface area contributed by atoms with E-state index in [1.54, 1.807) is 0 Å². The third-order valence-electron chi connectivity index (χ3n) is 1.14. The van der Waals surface area contributed by atoms with Gasteiger partial charge >= 0.3 is 0 Å². The number of hydrogen-bond acceptors (Lipinski definition) is 1. The first-order chi connectivity index (χ1) is 3.67. The minimum Gasteiger partial charge on any atom is -0.374 e. The van der Waals surface area contributed by atoms with Gasteiger partial charge in [0, 0.05) is 13.0 Å². The van der Waals surface area contributed by atoms with Crippen LogP contribution in [0.4, 0.5) is 4.39 Å². The monoisotopic (exact) mass is 182 g/mol. The first kappa shape index (κ1) is 6.49. The van der Waals surface area contributed by atoms with Crippen molar-refractivity contribution in [1.82, 2.24) is 0 Å². The van der Waals surface area contributed by atoms with Crippen molar-refractivity contribution in [3.63, 3.8) is 0 Å². The van der Waals surface area contributed by atoms with Crippen molar-refractivity contribution in [3.05, 3.63) is 0 Å². The van der Waals surface area contributed by atoms with Crippen LogP contribution in [0.5, 0.6) is 0 Å². The Balaban J connectivity index is 2.17. The molecule has 1 fully saturated rings. The molecule has 1 rings (SSSR count). The van der Waals surface area contributed by atoms with Crippen LogP contribution in [0.15, 0.2) is 0 Å². The summed E-state index contributed by atoms with van der Waals surface area (Å²) in [5.74, 6) is 0. The fraction of sp³-hybridized carbons (Fsp3) is 1.00. The summed E-state index contributed by atoms with van der Waals surface area (Å²) in [7, 11) is 0. The zero-order valence-electron chi connectivity index (χ0n) is 4.66. The van der Waals surface area contributed by atoms with Gasteiger partial charge in [0.2, 0.25) is 0 Å². The lowest BCUT2D eigenvalue weighted by molar-refractivity contribution is 0.109. The van der Waals surface area contributed by atoms with E-state index in [2.05, 4.69) is 15.9 Å². The third kappa shape index (κ3) is 1.20. The van der Waals surface area contributed by atoms with E-state index in [0.717, 1.165) is 0 Å². The number of alkyl halides is 2. The lowest BCUT2D eigenvalue weighted by Gasteiger charge is -1.96. The highest BCUT2D eigenvalue weighted by Gasteiger charge is 2.54. The number of ether oxygens (including phenoxy) is 1. The molecule has 0 aromatic heterocycles. The second-order valence-electron chi connectivity index (χ2n) is 1.91. The van der Waals surface area contributed by atoms with E-state index in [1.165, 1.54) is 0 Å². The van der Waals surface area contributed by atoms with E-state index in [-0.39, 0.29) is 6.10 Å². The minimum absolute atomic E-state index is 0.188. The minimum atomic E-state index is -1.19. The SMILES string of the molecule is CCOC1CC1(F)Br. The quantitative estimate of drug-likeness (QED) is 0.593. The van der Waals surface area contributed by atoms with Crippen molar-refractivity contribution in [2.75, 3.05) is 6.61 Å². The van der Waals surface area contributed by atoms with E-state index in [4.69, 9.17) is 4.74 Å². The molecule has 3 heteroatoms. The molecule has 0 aromatic rings. The summed E-state index contributed by atoms with van der Waals surface area (Å²) in [6.45, 7) is 2.46. The van der Waals surface area contributed by atoms with Crippen LogP contribution in [-0.4, -0.2) is 17.3 Å². The molecule has 0 heterocycles. The molecule has 48 valence electrons. The molecule has 1 aliphatic carbocycles. The Hall–Kier alpha value is 0.370. The Kier molecular flexibility index (Phi) is 1.59. The molecule has 0 N–H and O–H groups in total. The first-order valence-corrected chi connectivity index (χ1v) is 3.45. The Labute approximate surface area is 56.3 Å². The van der Waals surface area contributed by atoms with E-state index < -0.39 is 4.58 Å². The summed E-state index contributed by atoms with van der Waals surface area (Å²) < 4.78 is 16.2. The Morgan fingerprint density at radius 2 is 2.50 bits per heavy atom. The van der Waals surface area contributed by atoms with Gasteiger partial charge in [-0.1, -0.05) is 0 Å². The van der Waals surface area contributed by atoms with Gasteiger partial charge in [-0.25, -0.2) is 4.39 Å². The zero-order chi connectivity index (χ0) is 6.20. The largest absolute Gasteiger partial charge is 0.374 e.